The van der Waals surface area contributed by atoms with E-state index in [1.165, 1.54) is 44.2 Å². The van der Waals surface area contributed by atoms with E-state index in [2.05, 4.69) is 149 Å². The Morgan fingerprint density at radius 3 is 1.73 bits per heavy atom. The Hall–Kier alpha value is -5.47. The molecular formula is C39H26N2. The summed E-state index contributed by atoms with van der Waals surface area (Å²) in [6.07, 6.45) is 1.84. The van der Waals surface area contributed by atoms with Crippen LogP contribution in [0, 0.1) is 0 Å². The molecule has 0 amide bonds. The van der Waals surface area contributed by atoms with Crippen LogP contribution in [0.15, 0.2) is 158 Å². The van der Waals surface area contributed by atoms with Gasteiger partial charge in [-0.1, -0.05) is 103 Å². The Kier molecular flexibility index (Phi) is 5.49. The lowest BCUT2D eigenvalue weighted by molar-refractivity contribution is 1.27. The molecular weight excluding hydrogens is 496 g/mol. The van der Waals surface area contributed by atoms with Gasteiger partial charge in [-0.05, 0) is 92.7 Å². The third-order valence-corrected chi connectivity index (χ3v) is 8.04. The molecule has 0 aliphatic heterocycles. The van der Waals surface area contributed by atoms with Gasteiger partial charge in [0, 0.05) is 28.8 Å². The predicted molar refractivity (Wildman–Crippen MR) is 172 cm³/mol. The summed E-state index contributed by atoms with van der Waals surface area (Å²) in [5, 5.41) is 2.64. The molecule has 7 aromatic rings. The molecule has 0 N–H and O–H groups in total. The Labute approximate surface area is 239 Å². The van der Waals surface area contributed by atoms with E-state index in [-0.39, 0.29) is 0 Å². The molecule has 1 aliphatic rings. The Balaban J connectivity index is 1.28. The van der Waals surface area contributed by atoms with Crippen molar-refractivity contribution in [2.75, 3.05) is 4.90 Å². The molecule has 0 atom stereocenters. The van der Waals surface area contributed by atoms with Gasteiger partial charge in [-0.15, -0.1) is 0 Å². The van der Waals surface area contributed by atoms with Gasteiger partial charge in [-0.25, -0.2) is 0 Å². The molecule has 41 heavy (non-hydrogen) atoms. The summed E-state index contributed by atoms with van der Waals surface area (Å²) >= 11 is 0. The average molecular weight is 523 g/mol. The quantitative estimate of drug-likeness (QED) is 0.223. The molecule has 1 aromatic heterocycles. The Morgan fingerprint density at radius 2 is 0.976 bits per heavy atom. The number of aromatic nitrogens is 1. The number of anilines is 3. The van der Waals surface area contributed by atoms with Gasteiger partial charge in [0.2, 0.25) is 0 Å². The van der Waals surface area contributed by atoms with Crippen molar-refractivity contribution in [2.24, 2.45) is 0 Å². The lowest BCUT2D eigenvalue weighted by Crippen LogP contribution is -2.10. The fourth-order valence-electron chi connectivity index (χ4n) is 6.23. The number of hydrogen-bond donors (Lipinski definition) is 0. The van der Waals surface area contributed by atoms with Gasteiger partial charge >= 0.3 is 0 Å². The summed E-state index contributed by atoms with van der Waals surface area (Å²) in [7, 11) is 0. The van der Waals surface area contributed by atoms with Crippen molar-refractivity contribution in [1.29, 1.82) is 0 Å². The van der Waals surface area contributed by atoms with Crippen LogP contribution in [-0.4, -0.2) is 4.98 Å². The molecule has 0 radical (unpaired) electrons. The Morgan fingerprint density at radius 1 is 0.390 bits per heavy atom. The second-order valence-electron chi connectivity index (χ2n) is 10.4. The van der Waals surface area contributed by atoms with E-state index in [9.17, 15) is 0 Å². The largest absolute Gasteiger partial charge is 0.310 e. The van der Waals surface area contributed by atoms with Gasteiger partial charge in [0.1, 0.15) is 0 Å². The minimum absolute atomic E-state index is 0.963. The molecule has 2 heteroatoms. The summed E-state index contributed by atoms with van der Waals surface area (Å²) in [6.45, 7) is 0. The lowest BCUT2D eigenvalue weighted by Gasteiger charge is -2.26. The van der Waals surface area contributed by atoms with Crippen LogP contribution in [0.1, 0.15) is 0 Å². The molecule has 2 nitrogen and oxygen atoms in total. The van der Waals surface area contributed by atoms with Crippen LogP contribution in [-0.2, 0) is 0 Å². The molecule has 0 spiro atoms. The smallest absolute Gasteiger partial charge is 0.0702 e. The molecule has 8 rings (SSSR count). The lowest BCUT2D eigenvalue weighted by atomic mass is 9.94. The van der Waals surface area contributed by atoms with E-state index in [1.807, 2.05) is 18.3 Å². The highest BCUT2D eigenvalue weighted by Gasteiger charge is 2.22. The van der Waals surface area contributed by atoms with Crippen LogP contribution in [0.2, 0.25) is 0 Å². The summed E-state index contributed by atoms with van der Waals surface area (Å²) < 4.78 is 0. The molecule has 192 valence electrons. The minimum Gasteiger partial charge on any atom is -0.310 e. The third kappa shape index (κ3) is 3.92. The summed E-state index contributed by atoms with van der Waals surface area (Å²) in [5.74, 6) is 0. The van der Waals surface area contributed by atoms with E-state index in [0.29, 0.717) is 0 Å². The monoisotopic (exact) mass is 522 g/mol. The van der Waals surface area contributed by atoms with Crippen molar-refractivity contribution in [3.63, 3.8) is 0 Å². The number of pyridine rings is 1. The minimum atomic E-state index is 0.963. The zero-order valence-electron chi connectivity index (χ0n) is 22.4. The van der Waals surface area contributed by atoms with Crippen molar-refractivity contribution in [1.82, 2.24) is 4.98 Å². The average Bonchev–Trinajstić information content (AvgIpc) is 3.38. The predicted octanol–water partition coefficient (Wildman–Crippen LogP) is 10.7. The number of para-hydroxylation sites is 1. The number of fused-ring (bicyclic) bond motifs is 3. The summed E-state index contributed by atoms with van der Waals surface area (Å²) in [6, 6.07) is 54.2. The van der Waals surface area contributed by atoms with Crippen molar-refractivity contribution in [3.05, 3.63) is 158 Å². The second-order valence-corrected chi connectivity index (χ2v) is 10.4. The first kappa shape index (κ1) is 23.4. The molecule has 0 saturated carbocycles. The van der Waals surface area contributed by atoms with Gasteiger partial charge in [0.05, 0.1) is 5.69 Å². The van der Waals surface area contributed by atoms with Gasteiger partial charge in [0.15, 0.2) is 0 Å². The molecule has 1 aliphatic carbocycles. The molecule has 0 saturated heterocycles. The molecule has 0 fully saturated rings. The molecule has 6 aromatic carbocycles. The number of benzene rings is 6. The van der Waals surface area contributed by atoms with Crippen LogP contribution < -0.4 is 4.90 Å². The maximum absolute atomic E-state index is 4.59. The SMILES string of the molecule is c1ccc(N(c2cccc(-c3ccccn3)c2)c2cccc(-c3ccc4c5c(cccc35)-c3ccccc3-4)c2)cc1. The zero-order valence-corrected chi connectivity index (χ0v) is 22.4. The van der Waals surface area contributed by atoms with Crippen molar-refractivity contribution >= 4 is 27.8 Å². The van der Waals surface area contributed by atoms with Crippen molar-refractivity contribution < 1.29 is 0 Å². The van der Waals surface area contributed by atoms with E-state index in [4.69, 9.17) is 0 Å². The van der Waals surface area contributed by atoms with E-state index >= 15 is 0 Å². The summed E-state index contributed by atoms with van der Waals surface area (Å²) in [5.41, 5.74) is 13.1. The van der Waals surface area contributed by atoms with Gasteiger partial charge in [-0.2, -0.15) is 0 Å². The van der Waals surface area contributed by atoms with E-state index < -0.39 is 0 Å². The summed E-state index contributed by atoms with van der Waals surface area (Å²) in [4.78, 5) is 6.92. The van der Waals surface area contributed by atoms with Gasteiger partial charge < -0.3 is 4.90 Å². The first-order valence-electron chi connectivity index (χ1n) is 14.0. The second kappa shape index (κ2) is 9.62. The molecule has 0 unspecified atom stereocenters. The normalized spacial score (nSPS) is 11.4. The highest BCUT2D eigenvalue weighted by molar-refractivity contribution is 6.18. The van der Waals surface area contributed by atoms with Gasteiger partial charge in [-0.3, -0.25) is 4.98 Å². The number of nitrogens with zero attached hydrogens (tertiary/aromatic N) is 2. The van der Waals surface area contributed by atoms with Crippen molar-refractivity contribution in [3.8, 4) is 44.6 Å². The topological polar surface area (TPSA) is 16.1 Å². The fraction of sp³-hybridized carbons (Fsp3) is 0. The van der Waals surface area contributed by atoms with Crippen LogP contribution in [0.4, 0.5) is 17.1 Å². The van der Waals surface area contributed by atoms with Crippen molar-refractivity contribution in [2.45, 2.75) is 0 Å². The standard InChI is InChI=1S/C39H26N2/c1-2-13-29(14-3-1)41(31-16-9-12-28(26-31)38-21-6-7-24-40-38)30-15-8-11-27(25-30)32-22-23-37-34-18-5-4-17-33(34)36-20-10-19-35(32)39(36)37/h1-26H. The maximum atomic E-state index is 4.59. The van der Waals surface area contributed by atoms with E-state index in [0.717, 1.165) is 28.3 Å². The highest BCUT2D eigenvalue weighted by atomic mass is 15.1. The molecule has 1 heterocycles. The van der Waals surface area contributed by atoms with Crippen LogP contribution >= 0.6 is 0 Å². The third-order valence-electron chi connectivity index (χ3n) is 8.04. The fourth-order valence-corrected chi connectivity index (χ4v) is 6.23. The van der Waals surface area contributed by atoms with Gasteiger partial charge in [0.25, 0.3) is 0 Å². The Bertz CT molecular complexity index is 2020. The molecule has 0 bridgehead atoms. The maximum Gasteiger partial charge on any atom is 0.0702 e. The van der Waals surface area contributed by atoms with E-state index in [1.54, 1.807) is 0 Å². The number of hydrogen-bond acceptors (Lipinski definition) is 2. The van der Waals surface area contributed by atoms with Crippen LogP contribution in [0.25, 0.3) is 55.4 Å². The number of rotatable bonds is 5. The highest BCUT2D eigenvalue weighted by Crippen LogP contribution is 2.49. The van der Waals surface area contributed by atoms with Crippen LogP contribution in [0.3, 0.4) is 0 Å². The van der Waals surface area contributed by atoms with Crippen LogP contribution in [0.5, 0.6) is 0 Å². The first-order valence-corrected chi connectivity index (χ1v) is 14.0. The first-order chi connectivity index (χ1) is 20.3. The zero-order chi connectivity index (χ0) is 27.2.